The Hall–Kier alpha value is -2.67. The Morgan fingerprint density at radius 1 is 1.07 bits per heavy atom. The second kappa shape index (κ2) is 10.4. The first-order chi connectivity index (χ1) is 14.5. The summed E-state index contributed by atoms with van der Waals surface area (Å²) in [7, 11) is 3.21. The molecule has 0 radical (unpaired) electrons. The van der Waals surface area contributed by atoms with Crippen molar-refractivity contribution in [2.45, 2.75) is 25.8 Å². The molecule has 1 heterocycles. The zero-order valence-electron chi connectivity index (χ0n) is 17.6. The van der Waals surface area contributed by atoms with E-state index >= 15 is 0 Å². The van der Waals surface area contributed by atoms with Crippen LogP contribution < -0.4 is 14.8 Å². The first-order valence-electron chi connectivity index (χ1n) is 9.97. The summed E-state index contributed by atoms with van der Waals surface area (Å²) in [4.78, 5) is 26.8. The number of hydrogen-bond acceptors (Lipinski definition) is 5. The first kappa shape index (κ1) is 22.0. The number of methoxy groups -OCH3 is 2. The number of benzene rings is 2. The number of amides is 2. The molecule has 1 atom stereocenters. The molecule has 3 rings (SSSR count). The number of rotatable bonds is 8. The van der Waals surface area contributed by atoms with E-state index in [1.54, 1.807) is 14.2 Å². The van der Waals surface area contributed by atoms with Gasteiger partial charge in [-0.2, -0.15) is 0 Å². The molecule has 160 valence electrons. The number of hydrogen-bond donors (Lipinski definition) is 1. The Morgan fingerprint density at radius 2 is 1.80 bits per heavy atom. The van der Waals surface area contributed by atoms with Crippen LogP contribution in [0.1, 0.15) is 30.0 Å². The number of thioether (sulfide) groups is 1. The van der Waals surface area contributed by atoms with E-state index < -0.39 is 0 Å². The summed E-state index contributed by atoms with van der Waals surface area (Å²) in [5.74, 6) is 1.82. The van der Waals surface area contributed by atoms with Crippen LogP contribution in [0.4, 0.5) is 5.69 Å². The van der Waals surface area contributed by atoms with Crippen molar-refractivity contribution in [2.75, 3.05) is 37.6 Å². The van der Waals surface area contributed by atoms with Gasteiger partial charge in [0, 0.05) is 12.2 Å². The van der Waals surface area contributed by atoms with Crippen molar-refractivity contribution in [3.8, 4) is 11.5 Å². The van der Waals surface area contributed by atoms with Crippen LogP contribution in [0.15, 0.2) is 42.5 Å². The van der Waals surface area contributed by atoms with Gasteiger partial charge in [0.1, 0.15) is 0 Å². The summed E-state index contributed by atoms with van der Waals surface area (Å²) in [5, 5.41) is 2.86. The molecule has 1 unspecified atom stereocenters. The SMILES string of the molecule is COc1ccc(C2CCCN2C(=O)CSCC(=O)Nc2ccc(C)cc2)cc1OC. The lowest BCUT2D eigenvalue weighted by Crippen LogP contribution is -2.32. The molecule has 0 bridgehead atoms. The highest BCUT2D eigenvalue weighted by molar-refractivity contribution is 8.00. The second-order valence-electron chi connectivity index (χ2n) is 7.27. The largest absolute Gasteiger partial charge is 0.493 e. The van der Waals surface area contributed by atoms with Crippen LogP contribution in [0.2, 0.25) is 0 Å². The Bertz CT molecular complexity index is 885. The summed E-state index contributed by atoms with van der Waals surface area (Å²) >= 11 is 1.34. The number of aryl methyl sites for hydroxylation is 1. The normalized spacial score (nSPS) is 15.7. The fourth-order valence-electron chi connectivity index (χ4n) is 3.62. The quantitative estimate of drug-likeness (QED) is 0.687. The van der Waals surface area contributed by atoms with Crippen molar-refractivity contribution < 1.29 is 19.1 Å². The third-order valence-electron chi connectivity index (χ3n) is 5.16. The van der Waals surface area contributed by atoms with Gasteiger partial charge >= 0.3 is 0 Å². The van der Waals surface area contributed by atoms with Gasteiger partial charge in [-0.25, -0.2) is 0 Å². The van der Waals surface area contributed by atoms with Gasteiger partial charge in [0.15, 0.2) is 11.5 Å². The molecule has 1 fully saturated rings. The van der Waals surface area contributed by atoms with E-state index in [0.717, 1.165) is 36.2 Å². The smallest absolute Gasteiger partial charge is 0.234 e. The van der Waals surface area contributed by atoms with Crippen LogP contribution in [0.3, 0.4) is 0 Å². The fourth-order valence-corrected chi connectivity index (χ4v) is 4.32. The van der Waals surface area contributed by atoms with Crippen LogP contribution in [0.5, 0.6) is 11.5 Å². The summed E-state index contributed by atoms with van der Waals surface area (Å²) < 4.78 is 10.7. The van der Waals surface area contributed by atoms with Gasteiger partial charge < -0.3 is 19.7 Å². The van der Waals surface area contributed by atoms with E-state index in [0.29, 0.717) is 11.5 Å². The van der Waals surface area contributed by atoms with E-state index in [1.807, 2.05) is 54.3 Å². The Labute approximate surface area is 181 Å². The lowest BCUT2D eigenvalue weighted by molar-refractivity contribution is -0.129. The van der Waals surface area contributed by atoms with Crippen molar-refractivity contribution in [2.24, 2.45) is 0 Å². The molecule has 6 nitrogen and oxygen atoms in total. The molecule has 2 aromatic carbocycles. The minimum absolute atomic E-state index is 0.0271. The Kier molecular flexibility index (Phi) is 7.63. The van der Waals surface area contributed by atoms with Crippen LogP contribution in [0.25, 0.3) is 0 Å². The van der Waals surface area contributed by atoms with E-state index in [9.17, 15) is 9.59 Å². The third kappa shape index (κ3) is 5.48. The van der Waals surface area contributed by atoms with Crippen LogP contribution in [-0.2, 0) is 9.59 Å². The number of nitrogens with one attached hydrogen (secondary N) is 1. The summed E-state index contributed by atoms with van der Waals surface area (Å²) in [6.07, 6.45) is 1.88. The van der Waals surface area contributed by atoms with Crippen LogP contribution >= 0.6 is 11.8 Å². The third-order valence-corrected chi connectivity index (χ3v) is 6.08. The molecule has 2 aromatic rings. The molecule has 1 aliphatic rings. The van der Waals surface area contributed by atoms with Gasteiger partial charge in [-0.15, -0.1) is 11.8 Å². The molecule has 1 N–H and O–H groups in total. The maximum Gasteiger partial charge on any atom is 0.234 e. The van der Waals surface area contributed by atoms with Gasteiger partial charge in [-0.1, -0.05) is 23.8 Å². The number of ether oxygens (including phenoxy) is 2. The van der Waals surface area contributed by atoms with Crippen molar-refractivity contribution in [3.05, 3.63) is 53.6 Å². The maximum atomic E-state index is 12.8. The first-order valence-corrected chi connectivity index (χ1v) is 11.1. The van der Waals surface area contributed by atoms with Crippen molar-refractivity contribution in [1.82, 2.24) is 4.90 Å². The molecular weight excluding hydrogens is 400 g/mol. The molecule has 0 saturated carbocycles. The maximum absolute atomic E-state index is 12.8. The summed E-state index contributed by atoms with van der Waals surface area (Å²) in [5.41, 5.74) is 2.95. The molecule has 7 heteroatoms. The molecular formula is C23H28N2O4S. The minimum Gasteiger partial charge on any atom is -0.493 e. The molecule has 1 saturated heterocycles. The minimum atomic E-state index is -0.102. The number of likely N-dealkylation sites (tertiary alicyclic amines) is 1. The van der Waals surface area contributed by atoms with Crippen LogP contribution in [0, 0.1) is 6.92 Å². The zero-order chi connectivity index (χ0) is 21.5. The topological polar surface area (TPSA) is 67.9 Å². The molecule has 0 aromatic heterocycles. The fraction of sp³-hybridized carbons (Fsp3) is 0.391. The highest BCUT2D eigenvalue weighted by atomic mass is 32.2. The van der Waals surface area contributed by atoms with E-state index in [1.165, 1.54) is 11.8 Å². The van der Waals surface area contributed by atoms with Crippen molar-refractivity contribution >= 4 is 29.3 Å². The average molecular weight is 429 g/mol. The highest BCUT2D eigenvalue weighted by Gasteiger charge is 2.30. The van der Waals surface area contributed by atoms with Crippen molar-refractivity contribution in [1.29, 1.82) is 0 Å². The van der Waals surface area contributed by atoms with E-state index in [4.69, 9.17) is 9.47 Å². The van der Waals surface area contributed by atoms with Gasteiger partial charge in [0.2, 0.25) is 11.8 Å². The van der Waals surface area contributed by atoms with Gasteiger partial charge in [-0.3, -0.25) is 9.59 Å². The predicted octanol–water partition coefficient (Wildman–Crippen LogP) is 4.05. The zero-order valence-corrected chi connectivity index (χ0v) is 18.5. The molecule has 1 aliphatic heterocycles. The number of anilines is 1. The van der Waals surface area contributed by atoms with Crippen molar-refractivity contribution in [3.63, 3.8) is 0 Å². The van der Waals surface area contributed by atoms with Gasteiger partial charge in [0.05, 0.1) is 31.8 Å². The van der Waals surface area contributed by atoms with Gasteiger partial charge in [0.25, 0.3) is 0 Å². The summed E-state index contributed by atoms with van der Waals surface area (Å²) in [6, 6.07) is 13.5. The van der Waals surface area contributed by atoms with E-state index in [-0.39, 0.29) is 29.4 Å². The lowest BCUT2D eigenvalue weighted by Gasteiger charge is -2.25. The molecule has 2 amide bonds. The standard InChI is InChI=1S/C23H28N2O4S/c1-16-6-9-18(10-7-16)24-22(26)14-30-15-23(27)25-12-4-5-19(25)17-8-11-20(28-2)21(13-17)29-3/h6-11,13,19H,4-5,12,14-15H2,1-3H3,(H,24,26). The monoisotopic (exact) mass is 428 g/mol. The Morgan fingerprint density at radius 3 is 2.50 bits per heavy atom. The van der Waals surface area contributed by atoms with Gasteiger partial charge in [-0.05, 0) is 49.6 Å². The molecule has 0 aliphatic carbocycles. The summed E-state index contributed by atoms with van der Waals surface area (Å²) in [6.45, 7) is 2.73. The second-order valence-corrected chi connectivity index (χ2v) is 8.25. The molecule has 0 spiro atoms. The number of carbonyl (C=O) groups is 2. The Balaban J connectivity index is 1.53. The van der Waals surface area contributed by atoms with Crippen LogP contribution in [-0.4, -0.2) is 49.0 Å². The van der Waals surface area contributed by atoms with E-state index in [2.05, 4.69) is 5.32 Å². The highest BCUT2D eigenvalue weighted by Crippen LogP contribution is 2.37. The number of nitrogens with zero attached hydrogens (tertiary/aromatic N) is 1. The lowest BCUT2D eigenvalue weighted by atomic mass is 10.0. The predicted molar refractivity (Wildman–Crippen MR) is 120 cm³/mol. The molecule has 30 heavy (non-hydrogen) atoms. The average Bonchev–Trinajstić information content (AvgIpc) is 3.25. The number of carbonyl (C=O) groups excluding carboxylic acids is 2.